The summed E-state index contributed by atoms with van der Waals surface area (Å²) >= 11 is 0. The molecule has 1 saturated heterocycles. The van der Waals surface area contributed by atoms with E-state index in [1.54, 1.807) is 0 Å². The number of nitrogens with zero attached hydrogens (tertiary/aromatic N) is 1. The van der Waals surface area contributed by atoms with Gasteiger partial charge in [-0.2, -0.15) is 0 Å². The lowest BCUT2D eigenvalue weighted by Crippen LogP contribution is -2.52. The third-order valence-corrected chi connectivity index (χ3v) is 2.96. The number of aliphatic hydroxyl groups excluding tert-OH is 1. The molecule has 0 bridgehead atoms. The summed E-state index contributed by atoms with van der Waals surface area (Å²) in [6, 6.07) is 0. The van der Waals surface area contributed by atoms with E-state index in [0.29, 0.717) is 5.92 Å². The molecule has 2 nitrogen and oxygen atoms in total. The second kappa shape index (κ2) is 2.76. The van der Waals surface area contributed by atoms with Crippen molar-refractivity contribution in [1.82, 2.24) is 4.90 Å². The molecule has 1 fully saturated rings. The molecule has 1 N–H and O–H groups in total. The first-order chi connectivity index (χ1) is 4.93. The number of hydrogen-bond donors (Lipinski definition) is 1. The van der Waals surface area contributed by atoms with Crippen molar-refractivity contribution in [2.75, 3.05) is 13.6 Å². The second-order valence-corrected chi connectivity index (χ2v) is 4.44. The van der Waals surface area contributed by atoms with Crippen molar-refractivity contribution in [3.8, 4) is 0 Å². The van der Waals surface area contributed by atoms with E-state index < -0.39 is 0 Å². The molecule has 0 amide bonds. The fraction of sp³-hybridized carbons (Fsp3) is 1.00. The number of piperidine rings is 1. The molecule has 0 spiro atoms. The minimum Gasteiger partial charge on any atom is -0.393 e. The Balaban J connectivity index is 2.63. The molecule has 1 aliphatic rings. The Bertz CT molecular complexity index is 144. The van der Waals surface area contributed by atoms with E-state index in [0.717, 1.165) is 13.0 Å². The van der Waals surface area contributed by atoms with Crippen molar-refractivity contribution in [2.24, 2.45) is 5.92 Å². The van der Waals surface area contributed by atoms with E-state index >= 15 is 0 Å². The Morgan fingerprint density at radius 3 is 2.45 bits per heavy atom. The highest BCUT2D eigenvalue weighted by molar-refractivity contribution is 4.90. The minimum atomic E-state index is -0.110. The molecular weight excluding hydrogens is 138 g/mol. The molecule has 2 atom stereocenters. The maximum absolute atomic E-state index is 9.60. The third-order valence-electron chi connectivity index (χ3n) is 2.96. The van der Waals surface area contributed by atoms with Gasteiger partial charge in [0.1, 0.15) is 0 Å². The predicted molar refractivity (Wildman–Crippen MR) is 46.5 cm³/mol. The maximum Gasteiger partial charge on any atom is 0.0595 e. The van der Waals surface area contributed by atoms with Crippen molar-refractivity contribution in [1.29, 1.82) is 0 Å². The largest absolute Gasteiger partial charge is 0.393 e. The zero-order valence-electron chi connectivity index (χ0n) is 7.96. The van der Waals surface area contributed by atoms with Crippen molar-refractivity contribution in [3.05, 3.63) is 0 Å². The normalized spacial score (nSPS) is 39.0. The van der Waals surface area contributed by atoms with Gasteiger partial charge in [-0.3, -0.25) is 0 Å². The maximum atomic E-state index is 9.60. The Morgan fingerprint density at radius 1 is 1.45 bits per heavy atom. The van der Waals surface area contributed by atoms with Crippen LogP contribution in [0.5, 0.6) is 0 Å². The van der Waals surface area contributed by atoms with Crippen LogP contribution in [0.3, 0.4) is 0 Å². The number of aliphatic hydroxyl groups is 1. The Kier molecular flexibility index (Phi) is 2.26. The van der Waals surface area contributed by atoms with Gasteiger partial charge in [-0.1, -0.05) is 6.92 Å². The topological polar surface area (TPSA) is 23.5 Å². The average molecular weight is 157 g/mol. The van der Waals surface area contributed by atoms with Gasteiger partial charge in [0.25, 0.3) is 0 Å². The first kappa shape index (κ1) is 9.01. The van der Waals surface area contributed by atoms with Gasteiger partial charge in [-0.05, 0) is 33.2 Å². The van der Waals surface area contributed by atoms with Crippen LogP contribution in [-0.2, 0) is 0 Å². The van der Waals surface area contributed by atoms with Crippen LogP contribution in [0, 0.1) is 5.92 Å². The van der Waals surface area contributed by atoms with Crippen molar-refractivity contribution in [3.63, 3.8) is 0 Å². The smallest absolute Gasteiger partial charge is 0.0595 e. The van der Waals surface area contributed by atoms with Gasteiger partial charge in [-0.25, -0.2) is 0 Å². The Morgan fingerprint density at radius 2 is 2.00 bits per heavy atom. The molecular formula is C9H19NO. The van der Waals surface area contributed by atoms with Gasteiger partial charge in [0.15, 0.2) is 0 Å². The molecule has 1 rings (SSSR count). The molecule has 0 aliphatic carbocycles. The summed E-state index contributed by atoms with van der Waals surface area (Å²) in [5.74, 6) is 0.424. The van der Waals surface area contributed by atoms with E-state index in [-0.39, 0.29) is 11.6 Å². The zero-order valence-corrected chi connectivity index (χ0v) is 7.96. The highest BCUT2D eigenvalue weighted by Gasteiger charge is 2.35. The second-order valence-electron chi connectivity index (χ2n) is 4.44. The van der Waals surface area contributed by atoms with Crippen LogP contribution < -0.4 is 0 Å². The average Bonchev–Trinajstić information content (AvgIpc) is 1.83. The molecule has 2 heteroatoms. The summed E-state index contributed by atoms with van der Waals surface area (Å²) < 4.78 is 0. The fourth-order valence-corrected chi connectivity index (χ4v) is 1.67. The van der Waals surface area contributed by atoms with E-state index in [1.807, 2.05) is 0 Å². The lowest BCUT2D eigenvalue weighted by molar-refractivity contribution is -0.0242. The van der Waals surface area contributed by atoms with Crippen molar-refractivity contribution >= 4 is 0 Å². The number of likely N-dealkylation sites (tertiary alicyclic amines) is 1. The molecule has 1 heterocycles. The third kappa shape index (κ3) is 1.74. The van der Waals surface area contributed by atoms with Crippen LogP contribution in [-0.4, -0.2) is 35.2 Å². The lowest BCUT2D eigenvalue weighted by Gasteiger charge is -2.45. The molecule has 11 heavy (non-hydrogen) atoms. The number of rotatable bonds is 0. The Labute approximate surface area is 69.2 Å². The molecule has 0 unspecified atom stereocenters. The first-order valence-corrected chi connectivity index (χ1v) is 4.33. The molecule has 0 aromatic heterocycles. The van der Waals surface area contributed by atoms with Crippen molar-refractivity contribution in [2.45, 2.75) is 38.8 Å². The molecule has 0 aromatic carbocycles. The molecule has 0 radical (unpaired) electrons. The van der Waals surface area contributed by atoms with Crippen molar-refractivity contribution < 1.29 is 5.11 Å². The standard InChI is InChI=1S/C9H19NO/c1-7-6-10(4)9(2,3)5-8(7)11/h7-8,11H,5-6H2,1-4H3/t7-,8+/m0/s1. The van der Waals surface area contributed by atoms with Gasteiger partial charge in [-0.15, -0.1) is 0 Å². The fourth-order valence-electron chi connectivity index (χ4n) is 1.67. The van der Waals surface area contributed by atoms with Crippen LogP contribution in [0.4, 0.5) is 0 Å². The zero-order chi connectivity index (χ0) is 8.65. The summed E-state index contributed by atoms with van der Waals surface area (Å²) in [4.78, 5) is 2.32. The van der Waals surface area contributed by atoms with E-state index in [1.165, 1.54) is 0 Å². The van der Waals surface area contributed by atoms with Crippen LogP contribution in [0.2, 0.25) is 0 Å². The van der Waals surface area contributed by atoms with Crippen LogP contribution in [0.15, 0.2) is 0 Å². The predicted octanol–water partition coefficient (Wildman–Crippen LogP) is 1.10. The summed E-state index contributed by atoms with van der Waals surface area (Å²) in [6.45, 7) is 7.48. The van der Waals surface area contributed by atoms with E-state index in [9.17, 15) is 5.11 Å². The van der Waals surface area contributed by atoms with Gasteiger partial charge in [0.2, 0.25) is 0 Å². The highest BCUT2D eigenvalue weighted by atomic mass is 16.3. The van der Waals surface area contributed by atoms with Crippen LogP contribution in [0.1, 0.15) is 27.2 Å². The first-order valence-electron chi connectivity index (χ1n) is 4.33. The van der Waals surface area contributed by atoms with Crippen LogP contribution in [0.25, 0.3) is 0 Å². The van der Waals surface area contributed by atoms with E-state index in [2.05, 4.69) is 32.7 Å². The summed E-state index contributed by atoms with van der Waals surface area (Å²) in [5, 5.41) is 9.60. The Hall–Kier alpha value is -0.0800. The minimum absolute atomic E-state index is 0.110. The van der Waals surface area contributed by atoms with E-state index in [4.69, 9.17) is 0 Å². The highest BCUT2D eigenvalue weighted by Crippen LogP contribution is 2.28. The molecule has 0 aromatic rings. The summed E-state index contributed by atoms with van der Waals surface area (Å²) in [6.07, 6.45) is 0.784. The number of hydrogen-bond acceptors (Lipinski definition) is 2. The molecule has 1 aliphatic heterocycles. The summed E-state index contributed by atoms with van der Waals surface area (Å²) in [5.41, 5.74) is 0.173. The van der Waals surface area contributed by atoms with Gasteiger partial charge >= 0.3 is 0 Å². The lowest BCUT2D eigenvalue weighted by atomic mass is 9.84. The van der Waals surface area contributed by atoms with Gasteiger partial charge < -0.3 is 10.0 Å². The van der Waals surface area contributed by atoms with Gasteiger partial charge in [0.05, 0.1) is 6.10 Å². The monoisotopic (exact) mass is 157 g/mol. The quantitative estimate of drug-likeness (QED) is 0.569. The van der Waals surface area contributed by atoms with Gasteiger partial charge in [0, 0.05) is 12.1 Å². The molecule has 66 valence electrons. The SMILES string of the molecule is C[C@H]1CN(C)C(C)(C)C[C@H]1O. The molecule has 0 saturated carbocycles. The van der Waals surface area contributed by atoms with Crippen LogP contribution >= 0.6 is 0 Å². The summed E-state index contributed by atoms with van der Waals surface area (Å²) in [7, 11) is 2.13.